The summed E-state index contributed by atoms with van der Waals surface area (Å²) in [5, 5.41) is 8.87. The summed E-state index contributed by atoms with van der Waals surface area (Å²) in [5.74, 6) is -3.07. The number of nitrogens with zero attached hydrogens (tertiary/aromatic N) is 1. The zero-order valence-corrected chi connectivity index (χ0v) is 8.84. The van der Waals surface area contributed by atoms with Crippen molar-refractivity contribution in [2.24, 2.45) is 11.8 Å². The second kappa shape index (κ2) is 4.53. The zero-order valence-electron chi connectivity index (χ0n) is 8.84. The van der Waals surface area contributed by atoms with Gasteiger partial charge in [0.1, 0.15) is 0 Å². The Morgan fingerprint density at radius 1 is 1.50 bits per heavy atom. The van der Waals surface area contributed by atoms with Crippen LogP contribution in [0.4, 0.5) is 8.78 Å². The summed E-state index contributed by atoms with van der Waals surface area (Å²) in [4.78, 5) is 2.02. The number of alkyl halides is 2. The van der Waals surface area contributed by atoms with E-state index in [4.69, 9.17) is 5.11 Å². The largest absolute Gasteiger partial charge is 0.396 e. The smallest absolute Gasteiger partial charge is 0.255 e. The lowest BCUT2D eigenvalue weighted by molar-refractivity contribution is -0.121. The van der Waals surface area contributed by atoms with Crippen LogP contribution in [0.2, 0.25) is 0 Å². The Morgan fingerprint density at radius 2 is 2.14 bits per heavy atom. The molecule has 0 aromatic heterocycles. The van der Waals surface area contributed by atoms with Gasteiger partial charge in [0.25, 0.3) is 5.92 Å². The van der Waals surface area contributed by atoms with Crippen molar-refractivity contribution in [3.63, 3.8) is 0 Å². The Hall–Kier alpha value is -0.220. The summed E-state index contributed by atoms with van der Waals surface area (Å²) >= 11 is 0. The Bertz CT molecular complexity index is 185. The minimum absolute atomic E-state index is 0.120. The summed E-state index contributed by atoms with van der Waals surface area (Å²) < 4.78 is 26.4. The summed E-state index contributed by atoms with van der Waals surface area (Å²) in [6, 6.07) is 0. The Labute approximate surface area is 83.9 Å². The molecule has 0 aliphatic carbocycles. The van der Waals surface area contributed by atoms with Gasteiger partial charge in [-0.3, -0.25) is 0 Å². The molecule has 1 rings (SSSR count). The molecule has 1 aliphatic heterocycles. The molecule has 1 fully saturated rings. The van der Waals surface area contributed by atoms with E-state index in [9.17, 15) is 8.78 Å². The van der Waals surface area contributed by atoms with Crippen LogP contribution in [0.15, 0.2) is 0 Å². The second-order valence-electron chi connectivity index (χ2n) is 4.54. The number of aliphatic hydroxyl groups excluding tert-OH is 1. The van der Waals surface area contributed by atoms with Crippen molar-refractivity contribution < 1.29 is 13.9 Å². The van der Waals surface area contributed by atoms with Gasteiger partial charge in [0, 0.05) is 26.1 Å². The van der Waals surface area contributed by atoms with Gasteiger partial charge in [-0.1, -0.05) is 13.8 Å². The number of likely N-dealkylation sites (tertiary alicyclic amines) is 1. The lowest BCUT2D eigenvalue weighted by Crippen LogP contribution is -2.49. The Kier molecular flexibility index (Phi) is 3.84. The van der Waals surface area contributed by atoms with Gasteiger partial charge < -0.3 is 10.0 Å². The first-order chi connectivity index (χ1) is 6.45. The van der Waals surface area contributed by atoms with Crippen LogP contribution < -0.4 is 0 Å². The molecule has 1 atom stereocenters. The van der Waals surface area contributed by atoms with Gasteiger partial charge in [0.15, 0.2) is 0 Å². The molecule has 0 spiro atoms. The molecule has 4 heteroatoms. The van der Waals surface area contributed by atoms with Crippen LogP contribution in [0.5, 0.6) is 0 Å². The van der Waals surface area contributed by atoms with Crippen LogP contribution in [-0.4, -0.2) is 42.2 Å². The maximum atomic E-state index is 13.2. The maximum Gasteiger partial charge on any atom is 0.255 e. The maximum absolute atomic E-state index is 13.2. The quantitative estimate of drug-likeness (QED) is 0.759. The molecule has 1 N–H and O–H groups in total. The van der Waals surface area contributed by atoms with Gasteiger partial charge in [0.2, 0.25) is 0 Å². The Balaban J connectivity index is 2.49. The molecule has 1 saturated heterocycles. The summed E-state index contributed by atoms with van der Waals surface area (Å²) in [7, 11) is 0. The topological polar surface area (TPSA) is 23.5 Å². The molecule has 0 amide bonds. The zero-order chi connectivity index (χ0) is 10.8. The molecule has 1 heterocycles. The van der Waals surface area contributed by atoms with E-state index in [2.05, 4.69) is 13.8 Å². The van der Waals surface area contributed by atoms with Crippen LogP contribution in [0.1, 0.15) is 20.3 Å². The highest BCUT2D eigenvalue weighted by atomic mass is 19.3. The third-order valence-electron chi connectivity index (χ3n) is 2.68. The van der Waals surface area contributed by atoms with Crippen molar-refractivity contribution in [2.45, 2.75) is 26.2 Å². The monoisotopic (exact) mass is 207 g/mol. The van der Waals surface area contributed by atoms with Crippen LogP contribution in [0, 0.1) is 11.8 Å². The highest BCUT2D eigenvalue weighted by Gasteiger charge is 2.43. The SMILES string of the molecule is CC(C)CN1CCC(F)(F)C(CO)C1. The van der Waals surface area contributed by atoms with Crippen LogP contribution in [-0.2, 0) is 0 Å². The standard InChI is InChI=1S/C10H19F2NO/c1-8(2)5-13-4-3-10(11,12)9(6-13)7-14/h8-9,14H,3-7H2,1-2H3. The number of halogens is 2. The predicted molar refractivity (Wildman–Crippen MR) is 51.4 cm³/mol. The van der Waals surface area contributed by atoms with Gasteiger partial charge in [-0.2, -0.15) is 0 Å². The van der Waals surface area contributed by atoms with Gasteiger partial charge in [-0.05, 0) is 5.92 Å². The fraction of sp³-hybridized carbons (Fsp3) is 1.00. The third kappa shape index (κ3) is 2.89. The van der Waals surface area contributed by atoms with E-state index in [1.54, 1.807) is 0 Å². The molecule has 0 radical (unpaired) electrons. The van der Waals surface area contributed by atoms with E-state index in [1.165, 1.54) is 0 Å². The van der Waals surface area contributed by atoms with Gasteiger partial charge in [0.05, 0.1) is 12.5 Å². The molecule has 0 saturated carbocycles. The van der Waals surface area contributed by atoms with E-state index in [1.807, 2.05) is 4.90 Å². The first kappa shape index (κ1) is 11.9. The molecule has 84 valence electrons. The normalized spacial score (nSPS) is 28.3. The second-order valence-corrected chi connectivity index (χ2v) is 4.54. The van der Waals surface area contributed by atoms with Gasteiger partial charge in [-0.15, -0.1) is 0 Å². The van der Waals surface area contributed by atoms with Crippen LogP contribution in [0.3, 0.4) is 0 Å². The minimum Gasteiger partial charge on any atom is -0.396 e. The van der Waals surface area contributed by atoms with Crippen molar-refractivity contribution in [2.75, 3.05) is 26.2 Å². The van der Waals surface area contributed by atoms with E-state index in [-0.39, 0.29) is 6.42 Å². The molecule has 14 heavy (non-hydrogen) atoms. The van der Waals surface area contributed by atoms with Crippen molar-refractivity contribution in [3.05, 3.63) is 0 Å². The molecule has 0 aromatic rings. The van der Waals surface area contributed by atoms with E-state index >= 15 is 0 Å². The first-order valence-electron chi connectivity index (χ1n) is 5.16. The third-order valence-corrected chi connectivity index (χ3v) is 2.68. The number of aliphatic hydroxyl groups is 1. The number of piperidine rings is 1. The number of hydrogen-bond acceptors (Lipinski definition) is 2. The molecule has 2 nitrogen and oxygen atoms in total. The summed E-state index contributed by atoms with van der Waals surface area (Å²) in [6.07, 6.45) is -0.120. The lowest BCUT2D eigenvalue weighted by Gasteiger charge is -2.38. The predicted octanol–water partition coefficient (Wildman–Crippen LogP) is 1.59. The summed E-state index contributed by atoms with van der Waals surface area (Å²) in [5.41, 5.74) is 0. The summed E-state index contributed by atoms with van der Waals surface area (Å²) in [6.45, 7) is 5.33. The Morgan fingerprint density at radius 3 is 2.64 bits per heavy atom. The highest BCUT2D eigenvalue weighted by Crippen LogP contribution is 2.33. The van der Waals surface area contributed by atoms with Crippen molar-refractivity contribution in [1.29, 1.82) is 0 Å². The average molecular weight is 207 g/mol. The molecule has 1 unspecified atom stereocenters. The van der Waals surface area contributed by atoms with Crippen LogP contribution >= 0.6 is 0 Å². The van der Waals surface area contributed by atoms with Crippen molar-refractivity contribution >= 4 is 0 Å². The molecular weight excluding hydrogens is 188 g/mol. The van der Waals surface area contributed by atoms with Crippen molar-refractivity contribution in [1.82, 2.24) is 4.90 Å². The first-order valence-corrected chi connectivity index (χ1v) is 5.16. The highest BCUT2D eigenvalue weighted by molar-refractivity contribution is 4.85. The van der Waals surface area contributed by atoms with E-state index in [0.717, 1.165) is 6.54 Å². The molecule has 0 aromatic carbocycles. The molecule has 0 bridgehead atoms. The van der Waals surface area contributed by atoms with E-state index < -0.39 is 18.4 Å². The molecule has 1 aliphatic rings. The molecular formula is C10H19F2NO. The lowest BCUT2D eigenvalue weighted by atomic mass is 9.94. The number of rotatable bonds is 3. The van der Waals surface area contributed by atoms with Crippen molar-refractivity contribution in [3.8, 4) is 0 Å². The van der Waals surface area contributed by atoms with Crippen LogP contribution in [0.25, 0.3) is 0 Å². The minimum atomic E-state index is -2.68. The average Bonchev–Trinajstić information content (AvgIpc) is 2.07. The van der Waals surface area contributed by atoms with E-state index in [0.29, 0.717) is 19.0 Å². The fourth-order valence-corrected chi connectivity index (χ4v) is 1.92. The van der Waals surface area contributed by atoms with Gasteiger partial charge >= 0.3 is 0 Å². The number of hydrogen-bond donors (Lipinski definition) is 1. The van der Waals surface area contributed by atoms with Gasteiger partial charge in [-0.25, -0.2) is 8.78 Å². The fourth-order valence-electron chi connectivity index (χ4n) is 1.92.